The van der Waals surface area contributed by atoms with Gasteiger partial charge in [-0.15, -0.1) is 0 Å². The molecule has 0 unspecified atom stereocenters. The van der Waals surface area contributed by atoms with Gasteiger partial charge in [0.2, 0.25) is 0 Å². The fraction of sp³-hybridized carbons (Fsp3) is 0.0833. The number of carbonyl (C=O) groups is 1. The summed E-state index contributed by atoms with van der Waals surface area (Å²) in [6.07, 6.45) is 1.63. The van der Waals surface area contributed by atoms with Crippen LogP contribution in [-0.4, -0.2) is 24.0 Å². The van der Waals surface area contributed by atoms with E-state index in [1.165, 1.54) is 7.05 Å². The summed E-state index contributed by atoms with van der Waals surface area (Å²) in [7, 11) is 1.49. The fourth-order valence-corrected chi connectivity index (χ4v) is 1.53. The lowest BCUT2D eigenvalue weighted by atomic mass is 10.1. The number of anilines is 1. The molecule has 0 saturated carbocycles. The first kappa shape index (κ1) is 11.8. The molecule has 0 radical (unpaired) electrons. The highest BCUT2D eigenvalue weighted by Crippen LogP contribution is 2.19. The van der Waals surface area contributed by atoms with E-state index in [0.717, 1.165) is 10.8 Å². The maximum Gasteiger partial charge on any atom is 0.327 e. The van der Waals surface area contributed by atoms with E-state index in [4.69, 9.17) is 5.73 Å². The van der Waals surface area contributed by atoms with E-state index in [2.05, 4.69) is 20.6 Å². The number of amides is 2. The van der Waals surface area contributed by atoms with Gasteiger partial charge in [-0.3, -0.25) is 15.6 Å². The third-order valence-electron chi connectivity index (χ3n) is 2.39. The number of carbonyl (C=O) groups excluding carboxylic acids is 1. The Morgan fingerprint density at radius 2 is 2.11 bits per heavy atom. The standard InChI is InChI=1S/C12H13N5O/c1-14-11(13)17-12(18)16-10-9-5-3-2-4-8(9)6-7-15-10/h2-7H,1H3,(H4,13,14,15,16,17,18). The molecule has 0 aliphatic heterocycles. The van der Waals surface area contributed by atoms with Crippen molar-refractivity contribution in [3.05, 3.63) is 36.5 Å². The van der Waals surface area contributed by atoms with Crippen LogP contribution in [0.25, 0.3) is 10.8 Å². The SMILES string of the molecule is CN=C(N)NC(=O)Nc1nccc2ccccc12. The number of aliphatic imine (C=N–C) groups is 1. The first-order valence-corrected chi connectivity index (χ1v) is 5.34. The first-order chi connectivity index (χ1) is 8.70. The summed E-state index contributed by atoms with van der Waals surface area (Å²) in [5.74, 6) is 0.530. The fourth-order valence-electron chi connectivity index (χ4n) is 1.53. The number of nitrogens with one attached hydrogen (secondary N) is 2. The molecule has 18 heavy (non-hydrogen) atoms. The highest BCUT2D eigenvalue weighted by Gasteiger charge is 2.06. The molecule has 6 nitrogen and oxygen atoms in total. The summed E-state index contributed by atoms with van der Waals surface area (Å²) in [4.78, 5) is 19.4. The van der Waals surface area contributed by atoms with Gasteiger partial charge in [-0.25, -0.2) is 9.78 Å². The lowest BCUT2D eigenvalue weighted by Crippen LogP contribution is -2.39. The van der Waals surface area contributed by atoms with Crippen LogP contribution >= 0.6 is 0 Å². The normalized spacial score (nSPS) is 11.3. The van der Waals surface area contributed by atoms with Crippen molar-refractivity contribution in [3.63, 3.8) is 0 Å². The van der Waals surface area contributed by atoms with Gasteiger partial charge in [0.25, 0.3) is 0 Å². The maximum absolute atomic E-state index is 11.6. The van der Waals surface area contributed by atoms with E-state index in [1.54, 1.807) is 6.20 Å². The Balaban J connectivity index is 2.24. The summed E-state index contributed by atoms with van der Waals surface area (Å²) in [6.45, 7) is 0. The second-order valence-corrected chi connectivity index (χ2v) is 3.57. The van der Waals surface area contributed by atoms with Crippen LogP contribution in [-0.2, 0) is 0 Å². The second-order valence-electron chi connectivity index (χ2n) is 3.57. The number of rotatable bonds is 1. The van der Waals surface area contributed by atoms with E-state index in [9.17, 15) is 4.79 Å². The molecule has 0 aliphatic rings. The molecule has 1 aromatic carbocycles. The van der Waals surface area contributed by atoms with E-state index < -0.39 is 6.03 Å². The van der Waals surface area contributed by atoms with Crippen molar-refractivity contribution in [1.29, 1.82) is 0 Å². The molecule has 0 bridgehead atoms. The quantitative estimate of drug-likeness (QED) is 0.520. The van der Waals surface area contributed by atoms with Gasteiger partial charge in [0.1, 0.15) is 5.82 Å². The van der Waals surface area contributed by atoms with Crippen molar-refractivity contribution in [2.75, 3.05) is 12.4 Å². The van der Waals surface area contributed by atoms with Crippen LogP contribution < -0.4 is 16.4 Å². The third kappa shape index (κ3) is 2.54. The van der Waals surface area contributed by atoms with Crippen LogP contribution in [0.4, 0.5) is 10.6 Å². The topological polar surface area (TPSA) is 92.4 Å². The summed E-state index contributed by atoms with van der Waals surface area (Å²) in [5.41, 5.74) is 5.40. The number of fused-ring (bicyclic) bond motifs is 1. The summed E-state index contributed by atoms with van der Waals surface area (Å²) < 4.78 is 0. The minimum atomic E-state index is -0.470. The Kier molecular flexibility index (Phi) is 3.38. The molecule has 0 spiro atoms. The van der Waals surface area contributed by atoms with Gasteiger partial charge in [0.05, 0.1) is 0 Å². The molecule has 6 heteroatoms. The minimum Gasteiger partial charge on any atom is -0.370 e. The van der Waals surface area contributed by atoms with Crippen molar-refractivity contribution in [2.24, 2.45) is 10.7 Å². The smallest absolute Gasteiger partial charge is 0.327 e. The Morgan fingerprint density at radius 1 is 1.33 bits per heavy atom. The molecule has 0 saturated heterocycles. The van der Waals surface area contributed by atoms with Crippen LogP contribution in [0.5, 0.6) is 0 Å². The largest absolute Gasteiger partial charge is 0.370 e. The number of pyridine rings is 1. The van der Waals surface area contributed by atoms with Crippen LogP contribution in [0.2, 0.25) is 0 Å². The Labute approximate surface area is 104 Å². The number of aromatic nitrogens is 1. The zero-order valence-electron chi connectivity index (χ0n) is 9.84. The average molecular weight is 243 g/mol. The van der Waals surface area contributed by atoms with Gasteiger partial charge < -0.3 is 5.73 Å². The van der Waals surface area contributed by atoms with E-state index in [0.29, 0.717) is 5.82 Å². The van der Waals surface area contributed by atoms with Crippen LogP contribution in [0.15, 0.2) is 41.5 Å². The van der Waals surface area contributed by atoms with Gasteiger partial charge >= 0.3 is 6.03 Å². The predicted octanol–water partition coefficient (Wildman–Crippen LogP) is 1.30. The maximum atomic E-state index is 11.6. The van der Waals surface area contributed by atoms with Crippen molar-refractivity contribution in [3.8, 4) is 0 Å². The Morgan fingerprint density at radius 3 is 2.89 bits per heavy atom. The Bertz CT molecular complexity index is 603. The molecule has 0 atom stereocenters. The van der Waals surface area contributed by atoms with Crippen LogP contribution in [0, 0.1) is 0 Å². The number of guanidine groups is 1. The molecule has 0 aliphatic carbocycles. The second kappa shape index (κ2) is 5.13. The summed E-state index contributed by atoms with van der Waals surface area (Å²) in [5, 5.41) is 6.87. The molecule has 92 valence electrons. The van der Waals surface area contributed by atoms with Gasteiger partial charge in [-0.2, -0.15) is 0 Å². The average Bonchev–Trinajstić information content (AvgIpc) is 2.39. The van der Waals surface area contributed by atoms with Gasteiger partial charge in [-0.05, 0) is 11.5 Å². The van der Waals surface area contributed by atoms with E-state index in [1.807, 2.05) is 30.3 Å². The minimum absolute atomic E-state index is 0.0488. The van der Waals surface area contributed by atoms with Crippen molar-refractivity contribution < 1.29 is 4.79 Å². The lowest BCUT2D eigenvalue weighted by Gasteiger charge is -2.08. The summed E-state index contributed by atoms with van der Waals surface area (Å²) >= 11 is 0. The zero-order valence-corrected chi connectivity index (χ0v) is 9.84. The molecular weight excluding hydrogens is 230 g/mol. The predicted molar refractivity (Wildman–Crippen MR) is 71.4 cm³/mol. The number of nitrogens with two attached hydrogens (primary N) is 1. The number of urea groups is 1. The van der Waals surface area contributed by atoms with Crippen LogP contribution in [0.1, 0.15) is 0 Å². The van der Waals surface area contributed by atoms with Crippen molar-refractivity contribution in [2.45, 2.75) is 0 Å². The first-order valence-electron chi connectivity index (χ1n) is 5.34. The molecule has 1 aromatic heterocycles. The summed E-state index contributed by atoms with van der Waals surface area (Å²) in [6, 6.07) is 9.04. The molecule has 4 N–H and O–H groups in total. The van der Waals surface area contributed by atoms with Crippen molar-refractivity contribution in [1.82, 2.24) is 10.3 Å². The van der Waals surface area contributed by atoms with Gasteiger partial charge in [0.15, 0.2) is 5.96 Å². The molecule has 2 aromatic rings. The monoisotopic (exact) mass is 243 g/mol. The third-order valence-corrected chi connectivity index (χ3v) is 2.39. The van der Waals surface area contributed by atoms with Crippen LogP contribution in [0.3, 0.4) is 0 Å². The molecule has 0 fully saturated rings. The molecule has 2 amide bonds. The lowest BCUT2D eigenvalue weighted by molar-refractivity contribution is 0.256. The Hall–Kier alpha value is -2.63. The molecule has 1 heterocycles. The molecular formula is C12H13N5O. The zero-order chi connectivity index (χ0) is 13.0. The van der Waals surface area contributed by atoms with E-state index in [-0.39, 0.29) is 5.96 Å². The number of nitrogens with zero attached hydrogens (tertiary/aromatic N) is 2. The van der Waals surface area contributed by atoms with E-state index >= 15 is 0 Å². The van der Waals surface area contributed by atoms with Gasteiger partial charge in [-0.1, -0.05) is 24.3 Å². The number of hydrogen-bond acceptors (Lipinski definition) is 3. The van der Waals surface area contributed by atoms with Crippen molar-refractivity contribution >= 4 is 28.6 Å². The number of hydrogen-bond donors (Lipinski definition) is 3. The van der Waals surface area contributed by atoms with Gasteiger partial charge in [0, 0.05) is 18.6 Å². The highest BCUT2D eigenvalue weighted by molar-refractivity contribution is 6.05. The highest BCUT2D eigenvalue weighted by atomic mass is 16.2. The molecule has 2 rings (SSSR count). The number of benzene rings is 1.